The van der Waals surface area contributed by atoms with Crippen molar-refractivity contribution in [2.45, 2.75) is 13.0 Å². The van der Waals surface area contributed by atoms with E-state index in [0.29, 0.717) is 17.1 Å². The Balaban J connectivity index is 1.54. The van der Waals surface area contributed by atoms with Gasteiger partial charge in [0.1, 0.15) is 5.82 Å². The molecule has 1 N–H and O–H groups in total. The lowest BCUT2D eigenvalue weighted by molar-refractivity contribution is 0.0950. The topological polar surface area (TPSA) is 58.1 Å². The second kappa shape index (κ2) is 9.14. The molecule has 3 aromatic rings. The van der Waals surface area contributed by atoms with Crippen LogP contribution in [0.25, 0.3) is 0 Å². The minimum atomic E-state index is -0.173. The van der Waals surface area contributed by atoms with Crippen LogP contribution in [0.3, 0.4) is 0 Å². The molecule has 0 atom stereocenters. The molecule has 0 aliphatic rings. The standard InChI is InChI=1S/C21H21ClN4O/c1-26(13-10-16-8-11-23-12-9-16)20-7-6-18(15-24-20)21(27)25-14-17-4-2-3-5-19(17)22/h2-9,11-12,15H,10,13-14H2,1H3,(H,25,27). The van der Waals surface area contributed by atoms with Crippen molar-refractivity contribution in [3.05, 3.63) is 88.8 Å². The molecule has 0 saturated carbocycles. The van der Waals surface area contributed by atoms with Crippen molar-refractivity contribution in [2.24, 2.45) is 0 Å². The molecule has 2 heterocycles. The lowest BCUT2D eigenvalue weighted by Crippen LogP contribution is -2.24. The number of nitrogens with one attached hydrogen (secondary N) is 1. The second-order valence-corrected chi connectivity index (χ2v) is 6.61. The minimum Gasteiger partial charge on any atom is -0.359 e. The first-order chi connectivity index (χ1) is 13.1. The number of rotatable bonds is 7. The molecule has 0 saturated heterocycles. The molecule has 0 bridgehead atoms. The Hall–Kier alpha value is -2.92. The van der Waals surface area contributed by atoms with Crippen molar-refractivity contribution < 1.29 is 4.79 Å². The summed E-state index contributed by atoms with van der Waals surface area (Å²) in [5.74, 6) is 0.653. The zero-order valence-corrected chi connectivity index (χ0v) is 15.9. The fourth-order valence-corrected chi connectivity index (χ4v) is 2.83. The molecule has 27 heavy (non-hydrogen) atoms. The number of aromatic nitrogens is 2. The Morgan fingerprint density at radius 3 is 2.59 bits per heavy atom. The summed E-state index contributed by atoms with van der Waals surface area (Å²) < 4.78 is 0. The summed E-state index contributed by atoms with van der Waals surface area (Å²) in [6.07, 6.45) is 6.09. The van der Waals surface area contributed by atoms with E-state index in [-0.39, 0.29) is 5.91 Å². The van der Waals surface area contributed by atoms with Gasteiger partial charge in [-0.2, -0.15) is 0 Å². The van der Waals surface area contributed by atoms with Gasteiger partial charge in [-0.15, -0.1) is 0 Å². The number of hydrogen-bond acceptors (Lipinski definition) is 4. The van der Waals surface area contributed by atoms with E-state index in [0.717, 1.165) is 24.3 Å². The van der Waals surface area contributed by atoms with Gasteiger partial charge in [-0.05, 0) is 47.9 Å². The van der Waals surface area contributed by atoms with E-state index in [4.69, 9.17) is 11.6 Å². The van der Waals surface area contributed by atoms with Crippen molar-refractivity contribution in [2.75, 3.05) is 18.5 Å². The van der Waals surface area contributed by atoms with E-state index in [1.165, 1.54) is 5.56 Å². The first-order valence-electron chi connectivity index (χ1n) is 8.71. The Bertz CT molecular complexity index is 884. The first-order valence-corrected chi connectivity index (χ1v) is 9.09. The quantitative estimate of drug-likeness (QED) is 0.678. The Morgan fingerprint density at radius 2 is 1.89 bits per heavy atom. The highest BCUT2D eigenvalue weighted by molar-refractivity contribution is 6.31. The molecule has 0 aliphatic carbocycles. The highest BCUT2D eigenvalue weighted by Gasteiger charge is 2.09. The van der Waals surface area contributed by atoms with Crippen LogP contribution in [-0.4, -0.2) is 29.5 Å². The maximum Gasteiger partial charge on any atom is 0.253 e. The molecule has 2 aromatic heterocycles. The largest absolute Gasteiger partial charge is 0.359 e. The lowest BCUT2D eigenvalue weighted by Gasteiger charge is -2.18. The van der Waals surface area contributed by atoms with Gasteiger partial charge in [0.05, 0.1) is 5.56 Å². The maximum atomic E-state index is 12.3. The first kappa shape index (κ1) is 18.9. The van der Waals surface area contributed by atoms with Crippen LogP contribution in [0.4, 0.5) is 5.82 Å². The molecular weight excluding hydrogens is 360 g/mol. The van der Waals surface area contributed by atoms with Gasteiger partial charge in [0.25, 0.3) is 5.91 Å². The molecule has 3 rings (SSSR count). The van der Waals surface area contributed by atoms with Crippen LogP contribution in [0.15, 0.2) is 67.1 Å². The Morgan fingerprint density at radius 1 is 1.11 bits per heavy atom. The van der Waals surface area contributed by atoms with E-state index in [1.54, 1.807) is 30.7 Å². The third kappa shape index (κ3) is 5.28. The fraction of sp³-hybridized carbons (Fsp3) is 0.190. The number of pyridine rings is 2. The molecule has 0 radical (unpaired) electrons. The third-order valence-corrected chi connectivity index (χ3v) is 4.65. The van der Waals surface area contributed by atoms with Crippen LogP contribution in [0, 0.1) is 0 Å². The molecule has 5 nitrogen and oxygen atoms in total. The van der Waals surface area contributed by atoms with Gasteiger partial charge in [0, 0.05) is 43.8 Å². The number of benzene rings is 1. The van der Waals surface area contributed by atoms with E-state index < -0.39 is 0 Å². The molecular formula is C21H21ClN4O. The number of amides is 1. The van der Waals surface area contributed by atoms with Crippen LogP contribution in [0.5, 0.6) is 0 Å². The highest BCUT2D eigenvalue weighted by atomic mass is 35.5. The molecule has 6 heteroatoms. The zero-order chi connectivity index (χ0) is 19.1. The summed E-state index contributed by atoms with van der Waals surface area (Å²) in [6.45, 7) is 1.21. The minimum absolute atomic E-state index is 0.173. The SMILES string of the molecule is CN(CCc1ccncc1)c1ccc(C(=O)NCc2ccccc2Cl)cn1. The Kier molecular flexibility index (Phi) is 6.39. The average molecular weight is 381 g/mol. The van der Waals surface area contributed by atoms with Gasteiger partial charge in [-0.1, -0.05) is 29.8 Å². The van der Waals surface area contributed by atoms with E-state index in [1.807, 2.05) is 43.4 Å². The smallest absolute Gasteiger partial charge is 0.253 e. The summed E-state index contributed by atoms with van der Waals surface area (Å²) in [5.41, 5.74) is 2.63. The Labute approximate surface area is 164 Å². The average Bonchev–Trinajstić information content (AvgIpc) is 2.72. The lowest BCUT2D eigenvalue weighted by atomic mass is 10.2. The summed E-state index contributed by atoms with van der Waals surface area (Å²) in [6, 6.07) is 15.1. The van der Waals surface area contributed by atoms with Gasteiger partial charge in [0.15, 0.2) is 0 Å². The summed E-state index contributed by atoms with van der Waals surface area (Å²) in [7, 11) is 1.99. The second-order valence-electron chi connectivity index (χ2n) is 6.21. The van der Waals surface area contributed by atoms with Gasteiger partial charge in [-0.3, -0.25) is 9.78 Å². The van der Waals surface area contributed by atoms with Gasteiger partial charge in [0.2, 0.25) is 0 Å². The molecule has 0 unspecified atom stereocenters. The van der Waals surface area contributed by atoms with Crippen LogP contribution in [-0.2, 0) is 13.0 Å². The van der Waals surface area contributed by atoms with Gasteiger partial charge in [-0.25, -0.2) is 4.98 Å². The van der Waals surface area contributed by atoms with E-state index >= 15 is 0 Å². The van der Waals surface area contributed by atoms with Crippen molar-refractivity contribution in [1.29, 1.82) is 0 Å². The number of nitrogens with zero attached hydrogens (tertiary/aromatic N) is 3. The number of carbonyl (C=O) groups excluding carboxylic acids is 1. The van der Waals surface area contributed by atoms with E-state index in [2.05, 4.69) is 20.2 Å². The monoisotopic (exact) mass is 380 g/mol. The summed E-state index contributed by atoms with van der Waals surface area (Å²) in [5, 5.41) is 3.51. The molecule has 0 spiro atoms. The normalized spacial score (nSPS) is 10.4. The summed E-state index contributed by atoms with van der Waals surface area (Å²) >= 11 is 6.11. The number of hydrogen-bond donors (Lipinski definition) is 1. The van der Waals surface area contributed by atoms with Crippen molar-refractivity contribution >= 4 is 23.3 Å². The number of likely N-dealkylation sites (N-methyl/N-ethyl adjacent to an activating group) is 1. The molecule has 1 aromatic carbocycles. The van der Waals surface area contributed by atoms with Crippen molar-refractivity contribution in [3.8, 4) is 0 Å². The predicted octanol–water partition coefficient (Wildman–Crippen LogP) is 3.74. The fourth-order valence-electron chi connectivity index (χ4n) is 2.63. The number of halogens is 1. The highest BCUT2D eigenvalue weighted by Crippen LogP contribution is 2.15. The van der Waals surface area contributed by atoms with E-state index in [9.17, 15) is 4.79 Å². The van der Waals surface area contributed by atoms with Crippen molar-refractivity contribution in [3.63, 3.8) is 0 Å². The maximum absolute atomic E-state index is 12.3. The summed E-state index contributed by atoms with van der Waals surface area (Å²) in [4.78, 5) is 22.8. The number of anilines is 1. The van der Waals surface area contributed by atoms with Gasteiger partial charge >= 0.3 is 0 Å². The molecule has 0 fully saturated rings. The third-order valence-electron chi connectivity index (χ3n) is 4.28. The van der Waals surface area contributed by atoms with Crippen LogP contribution in [0.1, 0.15) is 21.5 Å². The zero-order valence-electron chi connectivity index (χ0n) is 15.1. The molecule has 0 aliphatic heterocycles. The van der Waals surface area contributed by atoms with Crippen LogP contribution >= 0.6 is 11.6 Å². The van der Waals surface area contributed by atoms with Crippen molar-refractivity contribution in [1.82, 2.24) is 15.3 Å². The molecule has 1 amide bonds. The molecule has 138 valence electrons. The van der Waals surface area contributed by atoms with Crippen LogP contribution in [0.2, 0.25) is 5.02 Å². The van der Waals surface area contributed by atoms with Gasteiger partial charge < -0.3 is 10.2 Å². The predicted molar refractivity (Wildman–Crippen MR) is 108 cm³/mol. The van der Waals surface area contributed by atoms with Crippen LogP contribution < -0.4 is 10.2 Å². The number of carbonyl (C=O) groups is 1.